The summed E-state index contributed by atoms with van der Waals surface area (Å²) in [5.74, 6) is 2.10. The number of carbonyl (C=O) groups excluding carboxylic acids is 1. The lowest BCUT2D eigenvalue weighted by Gasteiger charge is -2.05. The third kappa shape index (κ3) is 4.95. The van der Waals surface area contributed by atoms with Gasteiger partial charge in [0, 0.05) is 11.3 Å². The second-order valence-electron chi connectivity index (χ2n) is 6.07. The number of carbonyl (C=O) groups is 1. The molecule has 1 heterocycles. The van der Waals surface area contributed by atoms with Gasteiger partial charge in [0.25, 0.3) is 0 Å². The van der Waals surface area contributed by atoms with Crippen LogP contribution in [0, 0.1) is 13.8 Å². The highest BCUT2D eigenvalue weighted by Gasteiger charge is 2.10. The minimum Gasteiger partial charge on any atom is -0.346 e. The first-order valence-electron chi connectivity index (χ1n) is 8.40. The van der Waals surface area contributed by atoms with Gasteiger partial charge in [-0.1, -0.05) is 59.3 Å². The number of benzene rings is 2. The lowest BCUT2D eigenvalue weighted by Crippen LogP contribution is -2.24. The van der Waals surface area contributed by atoms with Crippen LogP contribution >= 0.6 is 11.8 Å². The largest absolute Gasteiger partial charge is 0.346 e. The highest BCUT2D eigenvalue weighted by molar-refractivity contribution is 7.99. The Morgan fingerprint density at radius 3 is 2.65 bits per heavy atom. The van der Waals surface area contributed by atoms with Crippen LogP contribution in [-0.2, 0) is 17.1 Å². The zero-order valence-corrected chi connectivity index (χ0v) is 15.7. The number of hydrogen-bond acceptors (Lipinski definition) is 5. The maximum absolute atomic E-state index is 12.0. The molecule has 0 aliphatic carbocycles. The fourth-order valence-electron chi connectivity index (χ4n) is 2.40. The van der Waals surface area contributed by atoms with E-state index in [0.717, 1.165) is 11.3 Å². The molecule has 0 bridgehead atoms. The van der Waals surface area contributed by atoms with Gasteiger partial charge in [0.2, 0.25) is 17.6 Å². The molecule has 0 saturated carbocycles. The first-order chi connectivity index (χ1) is 12.6. The summed E-state index contributed by atoms with van der Waals surface area (Å²) >= 11 is 1.59. The molecule has 26 heavy (non-hydrogen) atoms. The molecule has 1 N–H and O–H groups in total. The smallest absolute Gasteiger partial charge is 0.246 e. The van der Waals surface area contributed by atoms with Crippen LogP contribution in [0.4, 0.5) is 0 Å². The molecule has 0 fully saturated rings. The number of nitrogens with zero attached hydrogens (tertiary/aromatic N) is 2. The number of nitrogens with one attached hydrogen (secondary N) is 1. The van der Waals surface area contributed by atoms with Crippen LogP contribution in [0.5, 0.6) is 0 Å². The molecule has 1 aromatic heterocycles. The molecule has 0 unspecified atom stereocenters. The highest BCUT2D eigenvalue weighted by Crippen LogP contribution is 2.17. The third-order valence-corrected chi connectivity index (χ3v) is 4.95. The normalized spacial score (nSPS) is 10.7. The van der Waals surface area contributed by atoms with E-state index in [1.807, 2.05) is 43.3 Å². The van der Waals surface area contributed by atoms with Crippen LogP contribution in [0.25, 0.3) is 11.4 Å². The van der Waals surface area contributed by atoms with Crippen molar-refractivity contribution in [2.45, 2.75) is 26.1 Å². The van der Waals surface area contributed by atoms with Crippen molar-refractivity contribution in [2.24, 2.45) is 0 Å². The number of hydrogen-bond donors (Lipinski definition) is 1. The molecule has 134 valence electrons. The number of thioether (sulfide) groups is 1. The van der Waals surface area contributed by atoms with Gasteiger partial charge in [0.15, 0.2) is 0 Å². The quantitative estimate of drug-likeness (QED) is 0.686. The monoisotopic (exact) mass is 367 g/mol. The summed E-state index contributed by atoms with van der Waals surface area (Å²) in [4.78, 5) is 16.3. The van der Waals surface area contributed by atoms with E-state index >= 15 is 0 Å². The molecule has 5 nitrogen and oxygen atoms in total. The van der Waals surface area contributed by atoms with Crippen molar-refractivity contribution in [3.8, 4) is 11.4 Å². The fourth-order valence-corrected chi connectivity index (χ4v) is 3.33. The molecule has 0 spiro atoms. The summed E-state index contributed by atoms with van der Waals surface area (Å²) in [6.45, 7) is 4.35. The lowest BCUT2D eigenvalue weighted by molar-refractivity contribution is -0.118. The lowest BCUT2D eigenvalue weighted by atomic mass is 10.1. The molecule has 0 atom stereocenters. The van der Waals surface area contributed by atoms with Crippen LogP contribution in [0.3, 0.4) is 0 Å². The van der Waals surface area contributed by atoms with E-state index in [0.29, 0.717) is 17.5 Å². The maximum Gasteiger partial charge on any atom is 0.246 e. The van der Waals surface area contributed by atoms with Gasteiger partial charge in [-0.05, 0) is 25.0 Å². The summed E-state index contributed by atoms with van der Waals surface area (Å²) in [7, 11) is 0. The van der Waals surface area contributed by atoms with Crippen LogP contribution in [0.2, 0.25) is 0 Å². The van der Waals surface area contributed by atoms with E-state index in [1.54, 1.807) is 11.8 Å². The predicted octanol–water partition coefficient (Wildman–Crippen LogP) is 3.90. The molecule has 0 radical (unpaired) electrons. The van der Waals surface area contributed by atoms with Crippen molar-refractivity contribution in [3.05, 3.63) is 71.1 Å². The van der Waals surface area contributed by atoms with Crippen LogP contribution < -0.4 is 5.32 Å². The van der Waals surface area contributed by atoms with Crippen molar-refractivity contribution in [2.75, 3.05) is 5.75 Å². The van der Waals surface area contributed by atoms with Crippen molar-refractivity contribution in [1.29, 1.82) is 0 Å². The first-order valence-corrected chi connectivity index (χ1v) is 9.56. The average Bonchev–Trinajstić information content (AvgIpc) is 3.11. The predicted molar refractivity (Wildman–Crippen MR) is 104 cm³/mol. The van der Waals surface area contributed by atoms with Gasteiger partial charge < -0.3 is 9.84 Å². The van der Waals surface area contributed by atoms with Gasteiger partial charge >= 0.3 is 0 Å². The summed E-state index contributed by atoms with van der Waals surface area (Å²) in [5.41, 5.74) is 4.57. The van der Waals surface area contributed by atoms with Crippen molar-refractivity contribution >= 4 is 17.7 Å². The van der Waals surface area contributed by atoms with Crippen LogP contribution in [0.1, 0.15) is 22.6 Å². The molecule has 2 aromatic carbocycles. The van der Waals surface area contributed by atoms with Crippen LogP contribution in [-0.4, -0.2) is 21.8 Å². The average molecular weight is 367 g/mol. The van der Waals surface area contributed by atoms with Gasteiger partial charge in [-0.3, -0.25) is 4.79 Å². The molecule has 0 aliphatic heterocycles. The standard InChI is InChI=1S/C20H21N3O2S/c1-14-7-9-16(10-8-14)20-22-19(25-23-20)11-21-18(24)13-26-12-17-6-4-3-5-15(17)2/h3-10H,11-13H2,1-2H3,(H,21,24). The maximum atomic E-state index is 12.0. The zero-order valence-electron chi connectivity index (χ0n) is 14.9. The molecule has 0 aliphatic rings. The molecule has 3 rings (SSSR count). The SMILES string of the molecule is Cc1ccc(-c2noc(CNC(=O)CSCc3ccccc3C)n2)cc1. The summed E-state index contributed by atoms with van der Waals surface area (Å²) in [5, 5.41) is 6.78. The summed E-state index contributed by atoms with van der Waals surface area (Å²) < 4.78 is 5.21. The Morgan fingerprint density at radius 2 is 1.88 bits per heavy atom. The summed E-state index contributed by atoms with van der Waals surface area (Å²) in [6.07, 6.45) is 0. The molecule has 0 saturated heterocycles. The molecular weight excluding hydrogens is 346 g/mol. The third-order valence-electron chi connectivity index (χ3n) is 3.97. The Balaban J connectivity index is 1.45. The van der Waals surface area contributed by atoms with Gasteiger partial charge in [-0.2, -0.15) is 4.98 Å². The van der Waals surface area contributed by atoms with Gasteiger partial charge in [0.05, 0.1) is 12.3 Å². The molecular formula is C20H21N3O2S. The minimum absolute atomic E-state index is 0.0429. The van der Waals surface area contributed by atoms with E-state index < -0.39 is 0 Å². The minimum atomic E-state index is -0.0429. The Bertz CT molecular complexity index is 875. The number of aromatic nitrogens is 2. The van der Waals surface area contributed by atoms with Crippen molar-refractivity contribution < 1.29 is 9.32 Å². The Hall–Kier alpha value is -2.60. The van der Waals surface area contributed by atoms with E-state index in [1.165, 1.54) is 16.7 Å². The Morgan fingerprint density at radius 1 is 1.12 bits per heavy atom. The topological polar surface area (TPSA) is 68.0 Å². The van der Waals surface area contributed by atoms with E-state index in [-0.39, 0.29) is 12.5 Å². The van der Waals surface area contributed by atoms with E-state index in [4.69, 9.17) is 4.52 Å². The van der Waals surface area contributed by atoms with Crippen LogP contribution in [0.15, 0.2) is 53.1 Å². The second kappa shape index (κ2) is 8.67. The molecule has 6 heteroatoms. The van der Waals surface area contributed by atoms with E-state index in [2.05, 4.69) is 34.5 Å². The summed E-state index contributed by atoms with van der Waals surface area (Å²) in [6, 6.07) is 16.1. The first kappa shape index (κ1) is 18.2. The number of amides is 1. The Labute approximate surface area is 157 Å². The van der Waals surface area contributed by atoms with Gasteiger partial charge in [0.1, 0.15) is 0 Å². The number of aryl methyl sites for hydroxylation is 2. The van der Waals surface area contributed by atoms with Crippen molar-refractivity contribution in [1.82, 2.24) is 15.5 Å². The highest BCUT2D eigenvalue weighted by atomic mass is 32.2. The van der Waals surface area contributed by atoms with Crippen molar-refractivity contribution in [3.63, 3.8) is 0 Å². The van der Waals surface area contributed by atoms with E-state index in [9.17, 15) is 4.79 Å². The number of rotatable bonds is 7. The van der Waals surface area contributed by atoms with Gasteiger partial charge in [-0.25, -0.2) is 0 Å². The molecule has 3 aromatic rings. The molecule has 1 amide bonds. The Kier molecular flexibility index (Phi) is 6.07. The second-order valence-corrected chi connectivity index (χ2v) is 7.06. The fraction of sp³-hybridized carbons (Fsp3) is 0.250. The zero-order chi connectivity index (χ0) is 18.4. The van der Waals surface area contributed by atoms with Gasteiger partial charge in [-0.15, -0.1) is 11.8 Å².